The molecule has 2 aromatic rings. The van der Waals surface area contributed by atoms with Gasteiger partial charge in [-0.05, 0) is 36.8 Å². The van der Waals surface area contributed by atoms with Crippen LogP contribution in [0.4, 0.5) is 0 Å². The highest BCUT2D eigenvalue weighted by Gasteiger charge is 2.05. The topological polar surface area (TPSA) is 17.1 Å². The van der Waals surface area contributed by atoms with E-state index in [0.29, 0.717) is 6.42 Å². The third-order valence-corrected chi connectivity index (χ3v) is 3.87. The maximum absolute atomic E-state index is 12.0. The van der Waals surface area contributed by atoms with Crippen molar-refractivity contribution in [3.05, 3.63) is 65.7 Å². The molecule has 0 heterocycles. The Labute approximate surface area is 119 Å². The standard InChI is InChI=1S/C17H18OS/c1-19-16-12-10-15(11-13-16)17(18)9-5-8-14-6-3-2-4-7-14/h2-4,6-7,10-13H,5,8-9H2,1H3. The second kappa shape index (κ2) is 7.15. The van der Waals surface area contributed by atoms with Gasteiger partial charge in [-0.3, -0.25) is 4.79 Å². The van der Waals surface area contributed by atoms with Crippen molar-refractivity contribution in [3.8, 4) is 0 Å². The van der Waals surface area contributed by atoms with Crippen molar-refractivity contribution in [2.75, 3.05) is 6.26 Å². The molecule has 0 fully saturated rings. The second-order valence-corrected chi connectivity index (χ2v) is 5.37. The van der Waals surface area contributed by atoms with Crippen LogP contribution < -0.4 is 0 Å². The van der Waals surface area contributed by atoms with Gasteiger partial charge in [-0.25, -0.2) is 0 Å². The zero-order chi connectivity index (χ0) is 13.5. The number of aryl methyl sites for hydroxylation is 1. The lowest BCUT2D eigenvalue weighted by atomic mass is 10.0. The van der Waals surface area contributed by atoms with Gasteiger partial charge in [-0.15, -0.1) is 11.8 Å². The molecule has 0 N–H and O–H groups in total. The molecule has 19 heavy (non-hydrogen) atoms. The van der Waals surface area contributed by atoms with E-state index >= 15 is 0 Å². The van der Waals surface area contributed by atoms with E-state index < -0.39 is 0 Å². The van der Waals surface area contributed by atoms with Crippen molar-refractivity contribution < 1.29 is 4.79 Å². The average molecular weight is 270 g/mol. The molecule has 0 saturated heterocycles. The number of Topliss-reactive ketones (excluding diaryl/α,β-unsaturated/α-hetero) is 1. The Kier molecular flexibility index (Phi) is 5.22. The van der Waals surface area contributed by atoms with E-state index in [4.69, 9.17) is 0 Å². The van der Waals surface area contributed by atoms with Gasteiger partial charge in [0, 0.05) is 16.9 Å². The summed E-state index contributed by atoms with van der Waals surface area (Å²) in [6.07, 6.45) is 4.53. The zero-order valence-corrected chi connectivity index (χ0v) is 12.0. The fraction of sp³-hybridized carbons (Fsp3) is 0.235. The summed E-state index contributed by atoms with van der Waals surface area (Å²) < 4.78 is 0. The first-order valence-corrected chi connectivity index (χ1v) is 7.73. The molecule has 0 bridgehead atoms. The lowest BCUT2D eigenvalue weighted by Crippen LogP contribution is -1.99. The molecule has 2 heteroatoms. The number of benzene rings is 2. The number of thioether (sulfide) groups is 1. The van der Waals surface area contributed by atoms with Crippen LogP contribution in [0.5, 0.6) is 0 Å². The van der Waals surface area contributed by atoms with Gasteiger partial charge in [-0.2, -0.15) is 0 Å². The fourth-order valence-electron chi connectivity index (χ4n) is 2.02. The Balaban J connectivity index is 1.84. The summed E-state index contributed by atoms with van der Waals surface area (Å²) in [6, 6.07) is 18.2. The van der Waals surface area contributed by atoms with Crippen LogP contribution in [-0.4, -0.2) is 12.0 Å². The molecule has 0 aromatic heterocycles. The molecule has 0 radical (unpaired) electrons. The first kappa shape index (κ1) is 13.9. The lowest BCUT2D eigenvalue weighted by molar-refractivity contribution is 0.0980. The normalized spacial score (nSPS) is 10.4. The molecule has 0 aliphatic carbocycles. The largest absolute Gasteiger partial charge is 0.294 e. The van der Waals surface area contributed by atoms with Gasteiger partial charge in [-0.1, -0.05) is 42.5 Å². The first-order chi connectivity index (χ1) is 9.29. The van der Waals surface area contributed by atoms with Crippen LogP contribution >= 0.6 is 11.8 Å². The van der Waals surface area contributed by atoms with E-state index in [1.165, 1.54) is 10.5 Å². The number of ketones is 1. The molecule has 2 aromatic carbocycles. The van der Waals surface area contributed by atoms with Gasteiger partial charge in [0.15, 0.2) is 5.78 Å². The van der Waals surface area contributed by atoms with E-state index in [1.54, 1.807) is 11.8 Å². The van der Waals surface area contributed by atoms with Gasteiger partial charge >= 0.3 is 0 Å². The van der Waals surface area contributed by atoms with Crippen molar-refractivity contribution in [2.45, 2.75) is 24.2 Å². The molecule has 98 valence electrons. The number of carbonyl (C=O) groups excluding carboxylic acids is 1. The Morgan fingerprint density at radius 1 is 1.00 bits per heavy atom. The minimum Gasteiger partial charge on any atom is -0.294 e. The molecule has 0 atom stereocenters. The molecule has 0 aliphatic rings. The number of hydrogen-bond acceptors (Lipinski definition) is 2. The van der Waals surface area contributed by atoms with Gasteiger partial charge in [0.2, 0.25) is 0 Å². The molecule has 0 amide bonds. The van der Waals surface area contributed by atoms with E-state index in [9.17, 15) is 4.79 Å². The predicted octanol–water partition coefficient (Wildman–Crippen LogP) is 4.61. The maximum atomic E-state index is 12.0. The van der Waals surface area contributed by atoms with Crippen LogP contribution in [0.3, 0.4) is 0 Å². The van der Waals surface area contributed by atoms with Gasteiger partial charge < -0.3 is 0 Å². The summed E-state index contributed by atoms with van der Waals surface area (Å²) in [7, 11) is 0. The lowest BCUT2D eigenvalue weighted by Gasteiger charge is -2.03. The van der Waals surface area contributed by atoms with Crippen LogP contribution in [-0.2, 0) is 6.42 Å². The van der Waals surface area contributed by atoms with Crippen LogP contribution in [0, 0.1) is 0 Å². The minimum atomic E-state index is 0.239. The predicted molar refractivity (Wildman–Crippen MR) is 81.9 cm³/mol. The second-order valence-electron chi connectivity index (χ2n) is 4.49. The summed E-state index contributed by atoms with van der Waals surface area (Å²) in [4.78, 5) is 13.2. The third-order valence-electron chi connectivity index (χ3n) is 3.12. The van der Waals surface area contributed by atoms with E-state index in [-0.39, 0.29) is 5.78 Å². The Hall–Kier alpha value is -1.54. The number of carbonyl (C=O) groups is 1. The quantitative estimate of drug-likeness (QED) is 0.563. The van der Waals surface area contributed by atoms with Crippen LogP contribution in [0.2, 0.25) is 0 Å². The maximum Gasteiger partial charge on any atom is 0.162 e. The third kappa shape index (κ3) is 4.25. The summed E-state index contributed by atoms with van der Waals surface area (Å²) in [6.45, 7) is 0. The molecular formula is C17H18OS. The van der Waals surface area contributed by atoms with E-state index in [0.717, 1.165) is 18.4 Å². The summed E-state index contributed by atoms with van der Waals surface area (Å²) in [5, 5.41) is 0. The highest BCUT2D eigenvalue weighted by atomic mass is 32.2. The molecule has 0 unspecified atom stereocenters. The summed E-state index contributed by atoms with van der Waals surface area (Å²) in [5.74, 6) is 0.239. The molecule has 0 aliphatic heterocycles. The minimum absolute atomic E-state index is 0.239. The van der Waals surface area contributed by atoms with Crippen molar-refractivity contribution in [3.63, 3.8) is 0 Å². The highest BCUT2D eigenvalue weighted by molar-refractivity contribution is 7.98. The fourth-order valence-corrected chi connectivity index (χ4v) is 2.43. The Bertz CT molecular complexity index is 517. The number of rotatable bonds is 6. The molecular weight excluding hydrogens is 252 g/mol. The van der Waals surface area contributed by atoms with Crippen molar-refractivity contribution in [1.29, 1.82) is 0 Å². The molecule has 0 saturated carbocycles. The van der Waals surface area contributed by atoms with Gasteiger partial charge in [0.1, 0.15) is 0 Å². The van der Waals surface area contributed by atoms with Crippen LogP contribution in [0.1, 0.15) is 28.8 Å². The van der Waals surface area contributed by atoms with Gasteiger partial charge in [0.05, 0.1) is 0 Å². The average Bonchev–Trinajstić information content (AvgIpc) is 2.48. The summed E-state index contributed by atoms with van der Waals surface area (Å²) >= 11 is 1.69. The van der Waals surface area contributed by atoms with Crippen molar-refractivity contribution in [1.82, 2.24) is 0 Å². The SMILES string of the molecule is CSc1ccc(C(=O)CCCc2ccccc2)cc1. The number of hydrogen-bond donors (Lipinski definition) is 0. The first-order valence-electron chi connectivity index (χ1n) is 6.51. The smallest absolute Gasteiger partial charge is 0.162 e. The van der Waals surface area contributed by atoms with Crippen LogP contribution in [0.15, 0.2) is 59.5 Å². The van der Waals surface area contributed by atoms with Crippen molar-refractivity contribution >= 4 is 17.5 Å². The van der Waals surface area contributed by atoms with E-state index in [1.807, 2.05) is 48.7 Å². The Morgan fingerprint density at radius 2 is 1.68 bits per heavy atom. The molecule has 2 rings (SSSR count). The summed E-state index contributed by atoms with van der Waals surface area (Å²) in [5.41, 5.74) is 2.12. The zero-order valence-electron chi connectivity index (χ0n) is 11.1. The molecule has 1 nitrogen and oxygen atoms in total. The Morgan fingerprint density at radius 3 is 2.32 bits per heavy atom. The van der Waals surface area contributed by atoms with E-state index in [2.05, 4.69) is 12.1 Å². The molecule has 0 spiro atoms. The van der Waals surface area contributed by atoms with Crippen LogP contribution in [0.25, 0.3) is 0 Å². The van der Waals surface area contributed by atoms with Crippen molar-refractivity contribution in [2.24, 2.45) is 0 Å². The van der Waals surface area contributed by atoms with Gasteiger partial charge in [0.25, 0.3) is 0 Å². The monoisotopic (exact) mass is 270 g/mol. The highest BCUT2D eigenvalue weighted by Crippen LogP contribution is 2.16.